The lowest BCUT2D eigenvalue weighted by molar-refractivity contribution is -0.685. The number of hydrogen-bond acceptors (Lipinski definition) is 2. The molecule has 2 fully saturated rings. The van der Waals surface area contributed by atoms with E-state index >= 15 is 0 Å². The van der Waals surface area contributed by atoms with Gasteiger partial charge in [0.05, 0.1) is 18.1 Å². The summed E-state index contributed by atoms with van der Waals surface area (Å²) in [6.45, 7) is 24.5. The van der Waals surface area contributed by atoms with Gasteiger partial charge in [-0.1, -0.05) is 110 Å². The van der Waals surface area contributed by atoms with Crippen LogP contribution in [-0.4, -0.2) is 36.7 Å². The third kappa shape index (κ3) is 5.90. The Labute approximate surface area is 308 Å². The summed E-state index contributed by atoms with van der Waals surface area (Å²) in [6.07, 6.45) is 11.5. The third-order valence-corrected chi connectivity index (χ3v) is 13.9. The molecule has 2 aliphatic carbocycles. The zero-order chi connectivity index (χ0) is 35.6. The molecule has 1 aromatic heterocycles. The van der Waals surface area contributed by atoms with Gasteiger partial charge in [0.25, 0.3) is 0 Å². The fraction of sp³-hybridized carbons (Fsp3) is 0.562. The highest BCUT2D eigenvalue weighted by molar-refractivity contribution is 6.04. The Morgan fingerprint density at radius 3 is 2.57 bits per heavy atom. The number of ether oxygens (including phenoxy) is 1. The van der Waals surface area contributed by atoms with E-state index in [0.717, 1.165) is 44.2 Å². The number of hydrogen-bond donors (Lipinski definition) is 0. The third-order valence-electron chi connectivity index (χ3n) is 13.9. The van der Waals surface area contributed by atoms with Crippen LogP contribution in [0.15, 0.2) is 66.7 Å². The summed E-state index contributed by atoms with van der Waals surface area (Å²) >= 11 is 0. The quantitative estimate of drug-likeness (QED) is 0.149. The lowest BCUT2D eigenvalue weighted by Crippen LogP contribution is -2.53. The second-order valence-corrected chi connectivity index (χ2v) is 18.1. The molecule has 51 heavy (non-hydrogen) atoms. The van der Waals surface area contributed by atoms with Gasteiger partial charge in [0.2, 0.25) is 11.2 Å². The standard InChI is InChI=1S/C48H63N2O/c1-9-31(4)27-36-14-10-11-18-42(36)49-24-22-38-37-21-20-34-15-12-17-40-44(34)45(37)47-41(48(40,7)8)28-39-35(26-30(2)3)16-13-19-43(39)50(47)46(38)32(5)29-51-25-23-33(49)6/h12-13,15-17,19-21,28,30-31,33,36,38,42,46H,5,9-11,14,18,22-27,29H2,1-4,6-8H3/q+1/t31?,33-,36?,38?,42?,46?/m0/s1. The van der Waals surface area contributed by atoms with Gasteiger partial charge in [0.15, 0.2) is 6.04 Å². The van der Waals surface area contributed by atoms with Gasteiger partial charge in [-0.25, -0.2) is 0 Å². The molecule has 5 unspecified atom stereocenters. The Morgan fingerprint density at radius 2 is 1.76 bits per heavy atom. The average molecular weight is 684 g/mol. The van der Waals surface area contributed by atoms with Gasteiger partial charge in [0, 0.05) is 46.7 Å². The molecule has 0 bridgehead atoms. The van der Waals surface area contributed by atoms with E-state index in [2.05, 4.69) is 113 Å². The van der Waals surface area contributed by atoms with Crippen LogP contribution in [0.3, 0.4) is 0 Å². The molecular formula is C48H63N2O+. The molecule has 3 heteroatoms. The van der Waals surface area contributed by atoms with E-state index in [1.807, 2.05) is 0 Å². The molecule has 270 valence electrons. The molecule has 2 aliphatic heterocycles. The molecule has 3 nitrogen and oxygen atoms in total. The minimum Gasteiger partial charge on any atom is -0.377 e. The Morgan fingerprint density at radius 1 is 0.961 bits per heavy atom. The van der Waals surface area contributed by atoms with Crippen molar-refractivity contribution in [3.05, 3.63) is 89.0 Å². The van der Waals surface area contributed by atoms with Crippen molar-refractivity contribution in [3.8, 4) is 11.3 Å². The van der Waals surface area contributed by atoms with Crippen molar-refractivity contribution >= 4 is 21.7 Å². The summed E-state index contributed by atoms with van der Waals surface area (Å²) in [5.41, 5.74) is 11.3. The Balaban J connectivity index is 1.35. The molecule has 0 spiro atoms. The molecule has 0 radical (unpaired) electrons. The van der Waals surface area contributed by atoms with Crippen LogP contribution in [0.4, 0.5) is 0 Å². The fourth-order valence-corrected chi connectivity index (χ4v) is 11.1. The highest BCUT2D eigenvalue weighted by Crippen LogP contribution is 2.55. The van der Waals surface area contributed by atoms with E-state index < -0.39 is 0 Å². The zero-order valence-corrected chi connectivity index (χ0v) is 32.7. The molecule has 3 aromatic carbocycles. The Kier molecular flexibility index (Phi) is 9.45. The number of nitrogens with zero attached hydrogens (tertiary/aromatic N) is 2. The van der Waals surface area contributed by atoms with E-state index in [-0.39, 0.29) is 11.5 Å². The molecule has 8 rings (SSSR count). The first-order valence-electron chi connectivity index (χ1n) is 20.7. The van der Waals surface area contributed by atoms with Gasteiger partial charge in [-0.15, -0.1) is 0 Å². The summed E-state index contributed by atoms with van der Waals surface area (Å²) in [5.74, 6) is 2.51. The Hall–Kier alpha value is -3.01. The zero-order valence-electron chi connectivity index (χ0n) is 32.7. The van der Waals surface area contributed by atoms with Crippen LogP contribution in [0.25, 0.3) is 32.9 Å². The lowest BCUT2D eigenvalue weighted by atomic mass is 9.65. The van der Waals surface area contributed by atoms with Crippen LogP contribution >= 0.6 is 0 Å². The van der Waals surface area contributed by atoms with Gasteiger partial charge in [0.1, 0.15) is 0 Å². The maximum atomic E-state index is 6.65. The topological polar surface area (TPSA) is 16.4 Å². The van der Waals surface area contributed by atoms with Crippen molar-refractivity contribution < 1.29 is 9.30 Å². The minimum absolute atomic E-state index is 0.128. The van der Waals surface area contributed by atoms with E-state index in [9.17, 15) is 0 Å². The molecule has 0 amide bonds. The van der Waals surface area contributed by atoms with Crippen LogP contribution in [0.5, 0.6) is 0 Å². The normalized spacial score (nSPS) is 27.0. The average Bonchev–Trinajstić information content (AvgIpc) is 3.14. The van der Waals surface area contributed by atoms with E-state index in [4.69, 9.17) is 11.3 Å². The molecule has 1 saturated carbocycles. The first-order chi connectivity index (χ1) is 24.6. The van der Waals surface area contributed by atoms with Crippen LogP contribution < -0.4 is 4.57 Å². The van der Waals surface area contributed by atoms with Gasteiger partial charge < -0.3 is 4.74 Å². The van der Waals surface area contributed by atoms with Crippen LogP contribution in [-0.2, 0) is 16.6 Å². The smallest absolute Gasteiger partial charge is 0.218 e. The maximum Gasteiger partial charge on any atom is 0.218 e. The highest BCUT2D eigenvalue weighted by Gasteiger charge is 2.50. The molecule has 4 aliphatic rings. The van der Waals surface area contributed by atoms with Gasteiger partial charge in [-0.2, -0.15) is 4.57 Å². The number of rotatable bonds is 6. The Bertz CT molecular complexity index is 1950. The van der Waals surface area contributed by atoms with Crippen molar-refractivity contribution in [1.82, 2.24) is 4.90 Å². The van der Waals surface area contributed by atoms with E-state index in [0.29, 0.717) is 30.5 Å². The maximum absolute atomic E-state index is 6.65. The summed E-state index contributed by atoms with van der Waals surface area (Å²) in [6, 6.07) is 23.0. The van der Waals surface area contributed by atoms with Crippen molar-refractivity contribution in [2.24, 2.45) is 17.8 Å². The minimum atomic E-state index is -0.128. The summed E-state index contributed by atoms with van der Waals surface area (Å²) in [7, 11) is 0. The number of fused-ring (bicyclic) bond motifs is 5. The molecule has 6 atom stereocenters. The second kappa shape index (κ2) is 13.8. The largest absolute Gasteiger partial charge is 0.377 e. The lowest BCUT2D eigenvalue weighted by Gasteiger charge is -2.45. The number of aromatic nitrogens is 1. The van der Waals surface area contributed by atoms with Crippen LogP contribution in [0.2, 0.25) is 0 Å². The second-order valence-electron chi connectivity index (χ2n) is 18.1. The van der Waals surface area contributed by atoms with E-state index in [1.54, 1.807) is 0 Å². The predicted molar refractivity (Wildman–Crippen MR) is 215 cm³/mol. The van der Waals surface area contributed by atoms with Crippen LogP contribution in [0.1, 0.15) is 134 Å². The van der Waals surface area contributed by atoms with Crippen molar-refractivity contribution in [2.45, 2.75) is 136 Å². The van der Waals surface area contributed by atoms with Crippen molar-refractivity contribution in [3.63, 3.8) is 0 Å². The summed E-state index contributed by atoms with van der Waals surface area (Å²) < 4.78 is 9.44. The van der Waals surface area contributed by atoms with Crippen molar-refractivity contribution in [2.75, 3.05) is 19.8 Å². The van der Waals surface area contributed by atoms with E-state index in [1.165, 1.54) is 99.3 Å². The fourth-order valence-electron chi connectivity index (χ4n) is 11.1. The number of pyridine rings is 1. The molecule has 3 heterocycles. The first-order valence-corrected chi connectivity index (χ1v) is 20.7. The summed E-state index contributed by atoms with van der Waals surface area (Å²) in [5, 5.41) is 4.26. The molecule has 0 N–H and O–H groups in total. The van der Waals surface area contributed by atoms with Gasteiger partial charge in [-0.3, -0.25) is 4.90 Å². The molecule has 4 aromatic rings. The SMILES string of the molecule is C=C1COCC[C@H](C)N(C2CCCCC2CC(C)CC)CCC2c3ccc4cccc5c4c3-c3c(cc4c(CC(C)C)cccc4[n+]3C12)C5(C)C. The monoisotopic (exact) mass is 683 g/mol. The predicted octanol–water partition coefficient (Wildman–Crippen LogP) is 11.5. The van der Waals surface area contributed by atoms with Crippen LogP contribution in [0, 0.1) is 17.8 Å². The van der Waals surface area contributed by atoms with Crippen molar-refractivity contribution in [1.29, 1.82) is 0 Å². The summed E-state index contributed by atoms with van der Waals surface area (Å²) in [4.78, 5) is 2.98. The first kappa shape index (κ1) is 35.0. The molecular weight excluding hydrogens is 621 g/mol. The van der Waals surface area contributed by atoms with Gasteiger partial charge >= 0.3 is 0 Å². The molecule has 1 saturated heterocycles. The highest BCUT2D eigenvalue weighted by atomic mass is 16.5. The number of benzene rings is 3. The van der Waals surface area contributed by atoms with Gasteiger partial charge in [-0.05, 0) is 103 Å².